The number of pyridine rings is 1. The van der Waals surface area contributed by atoms with Crippen LogP contribution in [0.4, 0.5) is 5.13 Å². The van der Waals surface area contributed by atoms with E-state index in [0.717, 1.165) is 0 Å². The zero-order valence-electron chi connectivity index (χ0n) is 17.3. The zero-order chi connectivity index (χ0) is 23.5. The van der Waals surface area contributed by atoms with Crippen molar-refractivity contribution in [1.29, 1.82) is 5.26 Å². The molecule has 3 aromatic heterocycles. The summed E-state index contributed by atoms with van der Waals surface area (Å²) in [5.74, 6) is 0. The van der Waals surface area contributed by atoms with E-state index < -0.39 is 36.4 Å². The number of hydrogen-bond acceptors (Lipinski definition) is 12. The number of aliphatic hydroxyl groups excluding tert-OH is 2. The van der Waals surface area contributed by atoms with Crippen molar-refractivity contribution in [3.05, 3.63) is 34.6 Å². The molecule has 3 aromatic rings. The van der Waals surface area contributed by atoms with Gasteiger partial charge in [-0.15, -0.1) is 16.4 Å². The van der Waals surface area contributed by atoms with E-state index in [1.54, 1.807) is 17.6 Å². The van der Waals surface area contributed by atoms with Gasteiger partial charge in [-0.2, -0.15) is 5.26 Å². The van der Waals surface area contributed by atoms with Gasteiger partial charge in [-0.25, -0.2) is 14.6 Å². The Morgan fingerprint density at radius 2 is 2.27 bits per heavy atom. The minimum Gasteiger partial charge on any atom is -0.394 e. The SMILES string of the molecule is CCO[C@@H]1[C@@H](n2cc(-c3csc(N)n3)nn2)[C@@H](O)[C@@H](CO)O[C@@H]1Sc1cc(Cl)cnc1C#N. The number of aromatic nitrogens is 5. The number of hydrogen-bond donors (Lipinski definition) is 3. The maximum absolute atomic E-state index is 11.0. The van der Waals surface area contributed by atoms with Crippen molar-refractivity contribution in [2.75, 3.05) is 18.9 Å². The van der Waals surface area contributed by atoms with Crippen LogP contribution in [0.15, 0.2) is 28.7 Å². The van der Waals surface area contributed by atoms with Crippen LogP contribution in [0.3, 0.4) is 0 Å². The second-order valence-electron chi connectivity index (χ2n) is 7.01. The molecule has 0 aliphatic carbocycles. The highest BCUT2D eigenvalue weighted by molar-refractivity contribution is 7.99. The van der Waals surface area contributed by atoms with E-state index in [1.807, 2.05) is 13.0 Å². The fourth-order valence-corrected chi connectivity index (χ4v) is 5.50. The second kappa shape index (κ2) is 10.3. The molecule has 33 heavy (non-hydrogen) atoms. The highest BCUT2D eigenvalue weighted by Gasteiger charge is 2.48. The van der Waals surface area contributed by atoms with E-state index >= 15 is 0 Å². The van der Waals surface area contributed by atoms with Crippen LogP contribution in [-0.2, 0) is 9.47 Å². The van der Waals surface area contributed by atoms with Crippen molar-refractivity contribution in [3.8, 4) is 17.5 Å². The number of nitrogen functional groups attached to an aromatic ring is 1. The standard InChI is InChI=1S/C19H20ClN7O4S2/c1-2-30-17-15(27-6-11(25-26-27)12-8-32-19(22)24-12)16(29)13(7-28)31-18(17)33-14-3-9(20)5-23-10(14)4-21/h3,5-6,8,13,15-18,28-29H,2,7H2,1H3,(H2,22,24)/t13-,15+,16+,17-,18-/m1/s1. The van der Waals surface area contributed by atoms with Crippen LogP contribution >= 0.6 is 34.7 Å². The summed E-state index contributed by atoms with van der Waals surface area (Å²) in [7, 11) is 0. The van der Waals surface area contributed by atoms with Gasteiger partial charge in [0, 0.05) is 23.1 Å². The molecule has 0 aromatic carbocycles. The lowest BCUT2D eigenvalue weighted by atomic mass is 9.97. The van der Waals surface area contributed by atoms with Crippen LogP contribution in [0.1, 0.15) is 18.7 Å². The highest BCUT2D eigenvalue weighted by atomic mass is 35.5. The molecule has 4 heterocycles. The summed E-state index contributed by atoms with van der Waals surface area (Å²) < 4.78 is 13.4. The van der Waals surface area contributed by atoms with Crippen molar-refractivity contribution < 1.29 is 19.7 Å². The van der Waals surface area contributed by atoms with Gasteiger partial charge in [-0.05, 0) is 13.0 Å². The number of thiazole rings is 1. The van der Waals surface area contributed by atoms with Crippen molar-refractivity contribution >= 4 is 39.8 Å². The number of rotatable bonds is 7. The minimum atomic E-state index is -1.15. The van der Waals surface area contributed by atoms with Crippen LogP contribution in [0.25, 0.3) is 11.4 Å². The monoisotopic (exact) mass is 509 g/mol. The maximum atomic E-state index is 11.0. The molecule has 14 heteroatoms. The fourth-order valence-electron chi connectivity index (χ4n) is 3.49. The number of nitriles is 1. The Morgan fingerprint density at radius 1 is 1.45 bits per heavy atom. The number of thioether (sulfide) groups is 1. The summed E-state index contributed by atoms with van der Waals surface area (Å²) in [4.78, 5) is 8.75. The first-order valence-electron chi connectivity index (χ1n) is 9.86. The van der Waals surface area contributed by atoms with Gasteiger partial charge in [0.1, 0.15) is 47.2 Å². The Kier molecular flexibility index (Phi) is 7.45. The molecule has 11 nitrogen and oxygen atoms in total. The lowest BCUT2D eigenvalue weighted by Crippen LogP contribution is -2.55. The summed E-state index contributed by atoms with van der Waals surface area (Å²) in [6, 6.07) is 2.89. The van der Waals surface area contributed by atoms with Crippen LogP contribution in [0.5, 0.6) is 0 Å². The van der Waals surface area contributed by atoms with E-state index in [-0.39, 0.29) is 5.69 Å². The average Bonchev–Trinajstić information content (AvgIpc) is 3.45. The predicted molar refractivity (Wildman–Crippen MR) is 122 cm³/mol. The van der Waals surface area contributed by atoms with E-state index in [2.05, 4.69) is 20.3 Å². The fraction of sp³-hybridized carbons (Fsp3) is 0.421. The first kappa shape index (κ1) is 23.8. The highest BCUT2D eigenvalue weighted by Crippen LogP contribution is 2.41. The summed E-state index contributed by atoms with van der Waals surface area (Å²) in [6.07, 6.45) is 0.239. The number of halogens is 1. The van der Waals surface area contributed by atoms with E-state index in [0.29, 0.717) is 33.0 Å². The molecule has 0 spiro atoms. The Bertz CT molecular complexity index is 1150. The predicted octanol–water partition coefficient (Wildman–Crippen LogP) is 1.72. The lowest BCUT2D eigenvalue weighted by Gasteiger charge is -2.43. The first-order chi connectivity index (χ1) is 15.9. The van der Waals surface area contributed by atoms with Gasteiger partial charge in [-0.3, -0.25) is 0 Å². The van der Waals surface area contributed by atoms with Gasteiger partial charge in [0.2, 0.25) is 0 Å². The molecule has 1 aliphatic heterocycles. The van der Waals surface area contributed by atoms with Crippen molar-refractivity contribution in [2.24, 2.45) is 0 Å². The van der Waals surface area contributed by atoms with Gasteiger partial charge < -0.3 is 25.4 Å². The summed E-state index contributed by atoms with van der Waals surface area (Å²) in [5.41, 5.74) is 6.22. The molecule has 0 unspecified atom stereocenters. The van der Waals surface area contributed by atoms with E-state index in [9.17, 15) is 15.5 Å². The second-order valence-corrected chi connectivity index (χ2v) is 9.48. The molecule has 174 valence electrons. The zero-order valence-corrected chi connectivity index (χ0v) is 19.7. The largest absolute Gasteiger partial charge is 0.394 e. The number of nitrogens with zero attached hydrogens (tertiary/aromatic N) is 6. The third kappa shape index (κ3) is 4.97. The molecule has 5 atom stereocenters. The normalized spacial score (nSPS) is 25.1. The Morgan fingerprint density at radius 3 is 2.94 bits per heavy atom. The maximum Gasteiger partial charge on any atom is 0.180 e. The molecule has 4 rings (SSSR count). The number of ether oxygens (including phenoxy) is 2. The van der Waals surface area contributed by atoms with Gasteiger partial charge in [-0.1, -0.05) is 28.6 Å². The van der Waals surface area contributed by atoms with Gasteiger partial charge in [0.15, 0.2) is 10.8 Å². The van der Waals surface area contributed by atoms with Gasteiger partial charge in [0.05, 0.1) is 17.8 Å². The molecular weight excluding hydrogens is 490 g/mol. The Labute approximate surface area is 202 Å². The molecule has 1 saturated heterocycles. The topological polar surface area (TPSA) is 165 Å². The molecule has 4 N–H and O–H groups in total. The Hall–Kier alpha value is -2.31. The third-order valence-electron chi connectivity index (χ3n) is 4.95. The van der Waals surface area contributed by atoms with Crippen LogP contribution in [-0.4, -0.2) is 72.1 Å². The Balaban J connectivity index is 1.70. The molecule has 0 radical (unpaired) electrons. The van der Waals surface area contributed by atoms with Gasteiger partial charge in [0.25, 0.3) is 0 Å². The van der Waals surface area contributed by atoms with E-state index in [1.165, 1.54) is 34.0 Å². The smallest absolute Gasteiger partial charge is 0.180 e. The molecule has 1 aliphatic rings. The molecule has 1 fully saturated rings. The van der Waals surface area contributed by atoms with Crippen molar-refractivity contribution in [1.82, 2.24) is 25.0 Å². The first-order valence-corrected chi connectivity index (χ1v) is 12.0. The summed E-state index contributed by atoms with van der Waals surface area (Å²) in [6.45, 7) is 1.70. The van der Waals surface area contributed by atoms with Gasteiger partial charge >= 0.3 is 0 Å². The van der Waals surface area contributed by atoms with Crippen LogP contribution in [0.2, 0.25) is 5.02 Å². The molecule has 0 bridgehead atoms. The molecule has 0 amide bonds. The number of anilines is 1. The van der Waals surface area contributed by atoms with Crippen LogP contribution in [0, 0.1) is 11.3 Å². The summed E-state index contributed by atoms with van der Waals surface area (Å²) >= 11 is 8.54. The number of aliphatic hydroxyl groups is 2. The number of nitrogens with two attached hydrogens (primary N) is 1. The molecular formula is C19H20ClN7O4S2. The van der Waals surface area contributed by atoms with Crippen molar-refractivity contribution in [2.45, 2.75) is 41.6 Å². The third-order valence-corrected chi connectivity index (χ3v) is 7.01. The van der Waals surface area contributed by atoms with Crippen molar-refractivity contribution in [3.63, 3.8) is 0 Å². The van der Waals surface area contributed by atoms with Crippen LogP contribution < -0.4 is 5.73 Å². The summed E-state index contributed by atoms with van der Waals surface area (Å²) in [5, 5.41) is 41.2. The minimum absolute atomic E-state index is 0.177. The quantitative estimate of drug-likeness (QED) is 0.424. The average molecular weight is 510 g/mol. The van der Waals surface area contributed by atoms with E-state index in [4.69, 9.17) is 26.8 Å². The molecule has 0 saturated carbocycles. The lowest BCUT2D eigenvalue weighted by molar-refractivity contribution is -0.191.